The fourth-order valence-electron chi connectivity index (χ4n) is 2.56. The zero-order valence-electron chi connectivity index (χ0n) is 10.2. The fourth-order valence-corrected chi connectivity index (χ4v) is 2.56. The van der Waals surface area contributed by atoms with Gasteiger partial charge < -0.3 is 5.11 Å². The van der Waals surface area contributed by atoms with Crippen molar-refractivity contribution in [3.05, 3.63) is 35.4 Å². The van der Waals surface area contributed by atoms with E-state index >= 15 is 0 Å². The maximum atomic E-state index is 10.5. The molecule has 0 amide bonds. The predicted molar refractivity (Wildman–Crippen MR) is 67.0 cm³/mol. The molecule has 3 nitrogen and oxygen atoms in total. The molecule has 92 valence electrons. The fraction of sp³-hybridized carbons (Fsp3) is 0.500. The molecule has 1 atom stereocenters. The SMILES string of the molecule is C[C@@H]1c2ccccc2CCN1CCCC(=O)O. The second-order valence-electron chi connectivity index (χ2n) is 4.66. The van der Waals surface area contributed by atoms with Gasteiger partial charge in [-0.15, -0.1) is 0 Å². The van der Waals surface area contributed by atoms with Crippen LogP contribution in [0, 0.1) is 0 Å². The van der Waals surface area contributed by atoms with Gasteiger partial charge in [0, 0.05) is 19.0 Å². The van der Waals surface area contributed by atoms with Crippen LogP contribution in [0.2, 0.25) is 0 Å². The average molecular weight is 233 g/mol. The first kappa shape index (κ1) is 12.1. The van der Waals surface area contributed by atoms with E-state index in [9.17, 15) is 4.79 Å². The number of hydrogen-bond donors (Lipinski definition) is 1. The van der Waals surface area contributed by atoms with Crippen LogP contribution in [-0.4, -0.2) is 29.1 Å². The third-order valence-electron chi connectivity index (χ3n) is 3.56. The van der Waals surface area contributed by atoms with Gasteiger partial charge in [0.05, 0.1) is 0 Å². The van der Waals surface area contributed by atoms with Crippen LogP contribution in [-0.2, 0) is 11.2 Å². The minimum atomic E-state index is -0.699. The van der Waals surface area contributed by atoms with Crippen LogP contribution < -0.4 is 0 Å². The molecule has 0 saturated carbocycles. The largest absolute Gasteiger partial charge is 0.481 e. The minimum absolute atomic E-state index is 0.269. The van der Waals surface area contributed by atoms with Crippen molar-refractivity contribution < 1.29 is 9.90 Å². The van der Waals surface area contributed by atoms with E-state index in [4.69, 9.17) is 5.11 Å². The van der Waals surface area contributed by atoms with E-state index in [0.717, 1.165) is 25.9 Å². The minimum Gasteiger partial charge on any atom is -0.481 e. The highest BCUT2D eigenvalue weighted by Gasteiger charge is 2.22. The smallest absolute Gasteiger partial charge is 0.303 e. The van der Waals surface area contributed by atoms with Gasteiger partial charge in [0.2, 0.25) is 0 Å². The first-order valence-electron chi connectivity index (χ1n) is 6.22. The highest BCUT2D eigenvalue weighted by Crippen LogP contribution is 2.28. The topological polar surface area (TPSA) is 40.5 Å². The first-order valence-corrected chi connectivity index (χ1v) is 6.22. The summed E-state index contributed by atoms with van der Waals surface area (Å²) in [7, 11) is 0. The summed E-state index contributed by atoms with van der Waals surface area (Å²) >= 11 is 0. The Morgan fingerprint density at radius 2 is 2.24 bits per heavy atom. The van der Waals surface area contributed by atoms with E-state index in [1.54, 1.807) is 0 Å². The molecule has 1 heterocycles. The molecule has 3 heteroatoms. The highest BCUT2D eigenvalue weighted by atomic mass is 16.4. The lowest BCUT2D eigenvalue weighted by Gasteiger charge is -2.35. The van der Waals surface area contributed by atoms with Gasteiger partial charge in [-0.05, 0) is 37.4 Å². The molecule has 1 aliphatic heterocycles. The van der Waals surface area contributed by atoms with Gasteiger partial charge in [0.25, 0.3) is 0 Å². The number of hydrogen-bond acceptors (Lipinski definition) is 2. The summed E-state index contributed by atoms with van der Waals surface area (Å²) in [5.74, 6) is -0.699. The Hall–Kier alpha value is -1.35. The molecule has 0 unspecified atom stereocenters. The maximum absolute atomic E-state index is 10.5. The van der Waals surface area contributed by atoms with Crippen molar-refractivity contribution in [1.29, 1.82) is 0 Å². The normalized spacial score (nSPS) is 19.9. The maximum Gasteiger partial charge on any atom is 0.303 e. The summed E-state index contributed by atoms with van der Waals surface area (Å²) in [6.07, 6.45) is 2.08. The summed E-state index contributed by atoms with van der Waals surface area (Å²) in [4.78, 5) is 12.9. The number of benzene rings is 1. The predicted octanol–water partition coefficient (Wildman–Crippen LogP) is 2.47. The quantitative estimate of drug-likeness (QED) is 0.868. The Balaban J connectivity index is 1.97. The van der Waals surface area contributed by atoms with Crippen LogP contribution in [0.15, 0.2) is 24.3 Å². The zero-order valence-corrected chi connectivity index (χ0v) is 10.2. The molecule has 1 aromatic carbocycles. The molecule has 17 heavy (non-hydrogen) atoms. The molecule has 0 saturated heterocycles. The van der Waals surface area contributed by atoms with Crippen molar-refractivity contribution in [3.63, 3.8) is 0 Å². The molecule has 0 aromatic heterocycles. The van der Waals surface area contributed by atoms with Crippen LogP contribution in [0.3, 0.4) is 0 Å². The van der Waals surface area contributed by atoms with E-state index < -0.39 is 5.97 Å². The van der Waals surface area contributed by atoms with E-state index in [1.807, 2.05) is 0 Å². The second-order valence-corrected chi connectivity index (χ2v) is 4.66. The van der Waals surface area contributed by atoms with E-state index in [-0.39, 0.29) is 6.42 Å². The molecule has 1 aromatic rings. The summed E-state index contributed by atoms with van der Waals surface area (Å²) in [5, 5.41) is 8.65. The van der Waals surface area contributed by atoms with Gasteiger partial charge in [0.1, 0.15) is 0 Å². The number of aliphatic carboxylic acids is 1. The number of rotatable bonds is 4. The van der Waals surface area contributed by atoms with E-state index in [2.05, 4.69) is 36.1 Å². The van der Waals surface area contributed by atoms with Gasteiger partial charge in [0.15, 0.2) is 0 Å². The molecule has 2 rings (SSSR count). The van der Waals surface area contributed by atoms with Gasteiger partial charge >= 0.3 is 5.97 Å². The Morgan fingerprint density at radius 1 is 1.47 bits per heavy atom. The lowest BCUT2D eigenvalue weighted by molar-refractivity contribution is -0.137. The number of carbonyl (C=O) groups is 1. The van der Waals surface area contributed by atoms with Crippen LogP contribution in [0.5, 0.6) is 0 Å². The second kappa shape index (κ2) is 5.32. The molecule has 0 radical (unpaired) electrons. The third kappa shape index (κ3) is 2.86. The van der Waals surface area contributed by atoms with Crippen LogP contribution in [0.25, 0.3) is 0 Å². The zero-order chi connectivity index (χ0) is 12.3. The molecule has 1 aliphatic rings. The van der Waals surface area contributed by atoms with Crippen LogP contribution >= 0.6 is 0 Å². The summed E-state index contributed by atoms with van der Waals surface area (Å²) in [5.41, 5.74) is 2.84. The third-order valence-corrected chi connectivity index (χ3v) is 3.56. The molecular weight excluding hydrogens is 214 g/mol. The van der Waals surface area contributed by atoms with Gasteiger partial charge in [-0.25, -0.2) is 0 Å². The van der Waals surface area contributed by atoms with Gasteiger partial charge in [-0.2, -0.15) is 0 Å². The van der Waals surface area contributed by atoms with Gasteiger partial charge in [-0.1, -0.05) is 24.3 Å². The van der Waals surface area contributed by atoms with Gasteiger partial charge in [-0.3, -0.25) is 9.69 Å². The lowest BCUT2D eigenvalue weighted by atomic mass is 9.93. The number of fused-ring (bicyclic) bond motifs is 1. The Labute approximate surface area is 102 Å². The van der Waals surface area contributed by atoms with Crippen molar-refractivity contribution >= 4 is 5.97 Å². The van der Waals surface area contributed by atoms with Crippen molar-refractivity contribution in [1.82, 2.24) is 4.90 Å². The Kier molecular flexibility index (Phi) is 3.79. The van der Waals surface area contributed by atoms with Crippen molar-refractivity contribution in [2.24, 2.45) is 0 Å². The Bertz CT molecular complexity index is 403. The molecule has 0 aliphatic carbocycles. The molecule has 0 bridgehead atoms. The lowest BCUT2D eigenvalue weighted by Crippen LogP contribution is -2.34. The molecule has 0 spiro atoms. The van der Waals surface area contributed by atoms with E-state index in [0.29, 0.717) is 6.04 Å². The number of carboxylic acid groups (broad SMARTS) is 1. The monoisotopic (exact) mass is 233 g/mol. The molecule has 0 fully saturated rings. The van der Waals surface area contributed by atoms with Crippen molar-refractivity contribution in [2.45, 2.75) is 32.2 Å². The summed E-state index contributed by atoms with van der Waals surface area (Å²) in [6, 6.07) is 8.96. The van der Waals surface area contributed by atoms with Crippen LogP contribution in [0.4, 0.5) is 0 Å². The average Bonchev–Trinajstić information content (AvgIpc) is 2.32. The number of nitrogens with zero attached hydrogens (tertiary/aromatic N) is 1. The first-order chi connectivity index (χ1) is 8.18. The highest BCUT2D eigenvalue weighted by molar-refractivity contribution is 5.66. The Morgan fingerprint density at radius 3 is 3.00 bits per heavy atom. The van der Waals surface area contributed by atoms with E-state index in [1.165, 1.54) is 11.1 Å². The number of carboxylic acids is 1. The summed E-state index contributed by atoms with van der Waals surface area (Å²) < 4.78 is 0. The van der Waals surface area contributed by atoms with Crippen molar-refractivity contribution in [2.75, 3.05) is 13.1 Å². The van der Waals surface area contributed by atoms with Crippen LogP contribution in [0.1, 0.15) is 36.9 Å². The summed E-state index contributed by atoms with van der Waals surface area (Å²) in [6.45, 7) is 4.12. The molecule has 1 N–H and O–H groups in total. The van der Waals surface area contributed by atoms with Crippen molar-refractivity contribution in [3.8, 4) is 0 Å². The molecular formula is C14H19NO2. The standard InChI is InChI=1S/C14H19NO2/c1-11-13-6-3-2-5-12(13)8-10-15(11)9-4-7-14(16)17/h2-3,5-6,11H,4,7-10H2,1H3,(H,16,17)/t11-/m1/s1.